The molecule has 0 radical (unpaired) electrons. The van der Waals surface area contributed by atoms with Gasteiger partial charge in [0.1, 0.15) is 18.2 Å². The molecule has 4 aromatic rings. The van der Waals surface area contributed by atoms with Gasteiger partial charge in [0.25, 0.3) is 0 Å². The lowest BCUT2D eigenvalue weighted by atomic mass is 10.1. The molecule has 0 aliphatic rings. The van der Waals surface area contributed by atoms with Crippen molar-refractivity contribution in [3.05, 3.63) is 108 Å². The highest BCUT2D eigenvalue weighted by molar-refractivity contribution is 5.78. The molecular weight excluding hydrogens is 446 g/mol. The molecule has 5 nitrogen and oxygen atoms in total. The van der Waals surface area contributed by atoms with Crippen LogP contribution < -0.4 is 10.1 Å². The fraction of sp³-hybridized carbons (Fsp3) is 0.290. The van der Waals surface area contributed by atoms with Crippen molar-refractivity contribution in [1.29, 1.82) is 0 Å². The minimum absolute atomic E-state index is 0.0812. The zero-order chi connectivity index (χ0) is 25.0. The van der Waals surface area contributed by atoms with E-state index in [9.17, 15) is 4.79 Å². The van der Waals surface area contributed by atoms with Crippen molar-refractivity contribution in [2.75, 3.05) is 13.2 Å². The third-order valence-electron chi connectivity index (χ3n) is 6.25. The Kier molecular flexibility index (Phi) is 9.32. The molecule has 0 saturated carbocycles. The SMILES string of the molecule is C=CCc1ccccc1OCCn1c(CCCCCNC(=O)Cc2ccccc2)nc2ccccc21. The molecule has 1 amide bonds. The van der Waals surface area contributed by atoms with Crippen LogP contribution in [0.15, 0.2) is 91.5 Å². The van der Waals surface area contributed by atoms with E-state index in [0.717, 1.165) is 72.4 Å². The highest BCUT2D eigenvalue weighted by Gasteiger charge is 2.11. The number of nitrogens with zero attached hydrogens (tertiary/aromatic N) is 2. The summed E-state index contributed by atoms with van der Waals surface area (Å²) in [6.45, 7) is 5.88. The number of unbranched alkanes of at least 4 members (excludes halogenated alkanes) is 2. The van der Waals surface area contributed by atoms with Crippen LogP contribution in [0.1, 0.15) is 36.2 Å². The number of benzene rings is 3. The lowest BCUT2D eigenvalue weighted by Crippen LogP contribution is -2.26. The van der Waals surface area contributed by atoms with E-state index >= 15 is 0 Å². The predicted molar refractivity (Wildman–Crippen MR) is 146 cm³/mol. The Labute approximate surface area is 213 Å². The van der Waals surface area contributed by atoms with Crippen molar-refractivity contribution in [1.82, 2.24) is 14.9 Å². The summed E-state index contributed by atoms with van der Waals surface area (Å²) in [4.78, 5) is 17.0. The summed E-state index contributed by atoms with van der Waals surface area (Å²) in [5.41, 5.74) is 4.36. The number of imidazole rings is 1. The van der Waals surface area contributed by atoms with Gasteiger partial charge in [-0.1, -0.05) is 73.2 Å². The normalized spacial score (nSPS) is 10.9. The van der Waals surface area contributed by atoms with Crippen molar-refractivity contribution < 1.29 is 9.53 Å². The fourth-order valence-corrected chi connectivity index (χ4v) is 4.44. The van der Waals surface area contributed by atoms with E-state index in [1.165, 1.54) is 0 Å². The number of carbonyl (C=O) groups is 1. The fourth-order valence-electron chi connectivity index (χ4n) is 4.44. The van der Waals surface area contributed by atoms with Gasteiger partial charge in [-0.2, -0.15) is 0 Å². The van der Waals surface area contributed by atoms with E-state index in [0.29, 0.717) is 19.6 Å². The van der Waals surface area contributed by atoms with Gasteiger partial charge in [-0.05, 0) is 48.6 Å². The molecule has 0 aliphatic carbocycles. The zero-order valence-electron chi connectivity index (χ0n) is 20.9. The average molecular weight is 482 g/mol. The third kappa shape index (κ3) is 7.08. The number of fused-ring (bicyclic) bond motifs is 1. The first-order valence-electron chi connectivity index (χ1n) is 12.8. The first-order chi connectivity index (χ1) is 17.7. The smallest absolute Gasteiger partial charge is 0.224 e. The molecule has 1 aromatic heterocycles. The van der Waals surface area contributed by atoms with Gasteiger partial charge < -0.3 is 14.6 Å². The molecule has 3 aromatic carbocycles. The molecule has 0 saturated heterocycles. The number of aryl methyl sites for hydroxylation is 1. The lowest BCUT2D eigenvalue weighted by molar-refractivity contribution is -0.120. The maximum Gasteiger partial charge on any atom is 0.224 e. The van der Waals surface area contributed by atoms with Gasteiger partial charge in [0.15, 0.2) is 0 Å². The molecule has 0 atom stereocenters. The Morgan fingerprint density at radius 2 is 1.72 bits per heavy atom. The summed E-state index contributed by atoms with van der Waals surface area (Å²) >= 11 is 0. The van der Waals surface area contributed by atoms with Crippen LogP contribution in [0.3, 0.4) is 0 Å². The Morgan fingerprint density at radius 3 is 2.58 bits per heavy atom. The largest absolute Gasteiger partial charge is 0.491 e. The number of ether oxygens (including phenoxy) is 1. The van der Waals surface area contributed by atoms with E-state index in [1.807, 2.05) is 60.7 Å². The van der Waals surface area contributed by atoms with E-state index in [2.05, 4.69) is 40.7 Å². The number of hydrogen-bond donors (Lipinski definition) is 1. The van der Waals surface area contributed by atoms with Crippen LogP contribution in [0.25, 0.3) is 11.0 Å². The van der Waals surface area contributed by atoms with Gasteiger partial charge in [0.05, 0.1) is 24.0 Å². The van der Waals surface area contributed by atoms with E-state index < -0.39 is 0 Å². The highest BCUT2D eigenvalue weighted by Crippen LogP contribution is 2.21. The van der Waals surface area contributed by atoms with Gasteiger partial charge in [0.2, 0.25) is 5.91 Å². The Bertz CT molecular complexity index is 1260. The minimum atomic E-state index is 0.0812. The standard InChI is InChI=1S/C31H35N3O2/c1-2-13-26-16-8-11-19-29(26)36-23-22-34-28-18-10-9-17-27(28)33-30(34)20-7-4-12-21-32-31(35)24-25-14-5-3-6-15-25/h2-3,5-6,8-11,14-19H,1,4,7,12-13,20-24H2,(H,32,35). The maximum absolute atomic E-state index is 12.1. The minimum Gasteiger partial charge on any atom is -0.491 e. The molecule has 5 heteroatoms. The molecule has 1 N–H and O–H groups in total. The van der Waals surface area contributed by atoms with Crippen LogP contribution in [-0.2, 0) is 30.6 Å². The third-order valence-corrected chi connectivity index (χ3v) is 6.25. The van der Waals surface area contributed by atoms with Gasteiger partial charge in [-0.3, -0.25) is 4.79 Å². The zero-order valence-corrected chi connectivity index (χ0v) is 20.9. The summed E-state index contributed by atoms with van der Waals surface area (Å²) in [6.07, 6.45) is 7.07. The van der Waals surface area contributed by atoms with Crippen LogP contribution in [-0.4, -0.2) is 28.6 Å². The Hall–Kier alpha value is -3.86. The molecule has 1 heterocycles. The average Bonchev–Trinajstić information content (AvgIpc) is 3.25. The van der Waals surface area contributed by atoms with Crippen LogP contribution >= 0.6 is 0 Å². The monoisotopic (exact) mass is 481 g/mol. The predicted octanol–water partition coefficient (Wildman–Crippen LogP) is 5.92. The summed E-state index contributed by atoms with van der Waals surface area (Å²) in [7, 11) is 0. The van der Waals surface area contributed by atoms with E-state index in [4.69, 9.17) is 9.72 Å². The van der Waals surface area contributed by atoms with Gasteiger partial charge in [-0.25, -0.2) is 4.98 Å². The summed E-state index contributed by atoms with van der Waals surface area (Å²) in [6, 6.07) is 26.3. The van der Waals surface area contributed by atoms with E-state index in [-0.39, 0.29) is 5.91 Å². The maximum atomic E-state index is 12.1. The molecule has 0 aliphatic heterocycles. The number of hydrogen-bond acceptors (Lipinski definition) is 3. The number of nitrogens with one attached hydrogen (secondary N) is 1. The first kappa shape index (κ1) is 25.2. The van der Waals surface area contributed by atoms with Crippen LogP contribution in [0.4, 0.5) is 0 Å². The molecule has 0 fully saturated rings. The Morgan fingerprint density at radius 1 is 0.944 bits per heavy atom. The van der Waals surface area contributed by atoms with Gasteiger partial charge >= 0.3 is 0 Å². The second-order valence-electron chi connectivity index (χ2n) is 8.94. The molecular formula is C31H35N3O2. The van der Waals surface area contributed by atoms with Crippen molar-refractivity contribution in [2.45, 2.75) is 45.1 Å². The number of allylic oxidation sites excluding steroid dienone is 1. The quantitative estimate of drug-likeness (QED) is 0.180. The van der Waals surface area contributed by atoms with Crippen molar-refractivity contribution in [3.63, 3.8) is 0 Å². The van der Waals surface area contributed by atoms with Crippen molar-refractivity contribution >= 4 is 16.9 Å². The molecule has 36 heavy (non-hydrogen) atoms. The molecule has 0 unspecified atom stereocenters. The highest BCUT2D eigenvalue weighted by atomic mass is 16.5. The van der Waals surface area contributed by atoms with Crippen LogP contribution in [0.2, 0.25) is 0 Å². The topological polar surface area (TPSA) is 56.1 Å². The van der Waals surface area contributed by atoms with Crippen LogP contribution in [0.5, 0.6) is 5.75 Å². The lowest BCUT2D eigenvalue weighted by Gasteiger charge is -2.13. The summed E-state index contributed by atoms with van der Waals surface area (Å²) < 4.78 is 8.44. The van der Waals surface area contributed by atoms with Crippen molar-refractivity contribution in [2.24, 2.45) is 0 Å². The molecule has 0 spiro atoms. The number of para-hydroxylation sites is 3. The number of carbonyl (C=O) groups excluding carboxylic acids is 1. The van der Waals surface area contributed by atoms with Gasteiger partial charge in [-0.15, -0.1) is 6.58 Å². The molecule has 186 valence electrons. The van der Waals surface area contributed by atoms with E-state index in [1.54, 1.807) is 0 Å². The summed E-state index contributed by atoms with van der Waals surface area (Å²) in [5.74, 6) is 2.09. The Balaban J connectivity index is 1.26. The summed E-state index contributed by atoms with van der Waals surface area (Å²) in [5, 5.41) is 3.04. The number of aromatic nitrogens is 2. The van der Waals surface area contributed by atoms with Crippen LogP contribution in [0, 0.1) is 0 Å². The number of rotatable bonds is 14. The van der Waals surface area contributed by atoms with Crippen molar-refractivity contribution in [3.8, 4) is 5.75 Å². The second-order valence-corrected chi connectivity index (χ2v) is 8.94. The first-order valence-corrected chi connectivity index (χ1v) is 12.8. The molecule has 0 bridgehead atoms. The second kappa shape index (κ2) is 13.3. The number of amides is 1. The molecule has 4 rings (SSSR count). The van der Waals surface area contributed by atoms with Gasteiger partial charge in [0, 0.05) is 13.0 Å².